The van der Waals surface area contributed by atoms with E-state index in [1.807, 2.05) is 0 Å². The fourth-order valence-electron chi connectivity index (χ4n) is 2.25. The summed E-state index contributed by atoms with van der Waals surface area (Å²) in [4.78, 5) is 11.8. The van der Waals surface area contributed by atoms with Crippen molar-refractivity contribution in [1.82, 2.24) is 5.32 Å². The first kappa shape index (κ1) is 18.9. The zero-order valence-electron chi connectivity index (χ0n) is 14.0. The third kappa shape index (κ3) is 5.83. The van der Waals surface area contributed by atoms with Crippen LogP contribution in [-0.4, -0.2) is 24.2 Å². The lowest BCUT2D eigenvalue weighted by Gasteiger charge is -2.24. The molecule has 2 rings (SSSR count). The van der Waals surface area contributed by atoms with Crippen LogP contribution in [0.2, 0.25) is 0 Å². The third-order valence-electron chi connectivity index (χ3n) is 3.74. The molecule has 0 heterocycles. The Hall–Kier alpha value is -2.47. The molecule has 0 aliphatic heterocycles. The molecule has 0 radical (unpaired) electrons. The number of hydrogen-bond donors (Lipinski definition) is 2. The zero-order chi connectivity index (χ0) is 18.3. The summed E-state index contributed by atoms with van der Waals surface area (Å²) in [6.45, 7) is 1.76. The molecule has 134 valence electrons. The number of carbonyl (C=O) groups excluding carboxylic acids is 1. The summed E-state index contributed by atoms with van der Waals surface area (Å²) < 4.78 is 31.6. The monoisotopic (exact) mass is 349 g/mol. The van der Waals surface area contributed by atoms with Crippen LogP contribution in [0.1, 0.15) is 25.3 Å². The first-order valence-electron chi connectivity index (χ1n) is 8.01. The fraction of sp³-hybridized carbons (Fsp3) is 0.316. The van der Waals surface area contributed by atoms with Gasteiger partial charge in [-0.3, -0.25) is 4.79 Å². The lowest BCUT2D eigenvalue weighted by atomic mass is 9.96. The first-order valence-corrected chi connectivity index (χ1v) is 8.01. The van der Waals surface area contributed by atoms with Gasteiger partial charge in [0.15, 0.2) is 11.6 Å². The van der Waals surface area contributed by atoms with E-state index in [0.29, 0.717) is 12.0 Å². The van der Waals surface area contributed by atoms with Crippen LogP contribution in [0, 0.1) is 11.6 Å². The van der Waals surface area contributed by atoms with E-state index in [0.717, 1.165) is 0 Å². The zero-order valence-corrected chi connectivity index (χ0v) is 14.0. The average Bonchev–Trinajstić information content (AvgIpc) is 2.59. The average molecular weight is 349 g/mol. The molecule has 1 amide bonds. The van der Waals surface area contributed by atoms with Crippen LogP contribution in [0.5, 0.6) is 5.75 Å². The lowest BCUT2D eigenvalue weighted by Crippen LogP contribution is -2.38. The predicted molar refractivity (Wildman–Crippen MR) is 90.1 cm³/mol. The molecule has 1 unspecified atom stereocenters. The normalized spacial score (nSPS) is 13.1. The van der Waals surface area contributed by atoms with Crippen molar-refractivity contribution >= 4 is 5.91 Å². The van der Waals surface area contributed by atoms with E-state index < -0.39 is 17.2 Å². The quantitative estimate of drug-likeness (QED) is 0.720. The van der Waals surface area contributed by atoms with E-state index in [4.69, 9.17) is 4.74 Å². The van der Waals surface area contributed by atoms with Gasteiger partial charge in [0.05, 0.1) is 13.2 Å². The number of amides is 1. The van der Waals surface area contributed by atoms with Gasteiger partial charge in [0.25, 0.3) is 0 Å². The van der Waals surface area contributed by atoms with E-state index in [1.165, 1.54) is 36.4 Å². The van der Waals surface area contributed by atoms with Gasteiger partial charge in [-0.05, 0) is 43.2 Å². The minimum absolute atomic E-state index is 0.00559. The Morgan fingerprint density at radius 1 is 1.16 bits per heavy atom. The minimum Gasteiger partial charge on any atom is -0.491 e. The Kier molecular flexibility index (Phi) is 6.47. The topological polar surface area (TPSA) is 58.6 Å². The Bertz CT molecular complexity index is 702. The van der Waals surface area contributed by atoms with Crippen LogP contribution in [0.15, 0.2) is 48.5 Å². The lowest BCUT2D eigenvalue weighted by molar-refractivity contribution is -0.122. The van der Waals surface area contributed by atoms with E-state index >= 15 is 0 Å². The van der Waals surface area contributed by atoms with Gasteiger partial charge in [-0.25, -0.2) is 8.78 Å². The van der Waals surface area contributed by atoms with Crippen molar-refractivity contribution in [3.8, 4) is 5.75 Å². The summed E-state index contributed by atoms with van der Waals surface area (Å²) >= 11 is 0. The van der Waals surface area contributed by atoms with Crippen molar-refractivity contribution in [3.63, 3.8) is 0 Å². The van der Waals surface area contributed by atoms with Gasteiger partial charge in [0, 0.05) is 6.42 Å². The first-order chi connectivity index (χ1) is 11.9. The van der Waals surface area contributed by atoms with Crippen molar-refractivity contribution in [2.45, 2.75) is 25.4 Å². The fourth-order valence-corrected chi connectivity index (χ4v) is 2.25. The molecular formula is C19H21F2NO3. The standard InChI is InChI=1S/C19H21F2NO3/c1-19(24,14-8-10-15(20)11-9-14)13-22-18(23)7-4-12-25-17-6-3-2-5-16(17)21/h2-3,5-6,8-11,24H,4,7,12-13H2,1H3,(H,22,23). The minimum atomic E-state index is -1.30. The molecule has 0 fully saturated rings. The molecular weight excluding hydrogens is 328 g/mol. The highest BCUT2D eigenvalue weighted by molar-refractivity contribution is 5.75. The van der Waals surface area contributed by atoms with Gasteiger partial charge in [0.1, 0.15) is 11.4 Å². The largest absolute Gasteiger partial charge is 0.491 e. The number of ether oxygens (including phenoxy) is 1. The van der Waals surface area contributed by atoms with Crippen LogP contribution < -0.4 is 10.1 Å². The van der Waals surface area contributed by atoms with E-state index in [-0.39, 0.29) is 31.2 Å². The molecule has 2 N–H and O–H groups in total. The summed E-state index contributed by atoms with van der Waals surface area (Å²) in [5, 5.41) is 13.0. The molecule has 0 saturated heterocycles. The third-order valence-corrected chi connectivity index (χ3v) is 3.74. The summed E-state index contributed by atoms with van der Waals surface area (Å²) in [6.07, 6.45) is 0.604. The molecule has 0 spiro atoms. The van der Waals surface area contributed by atoms with E-state index in [2.05, 4.69) is 5.32 Å². The number of nitrogens with one attached hydrogen (secondary N) is 1. The molecule has 1 atom stereocenters. The van der Waals surface area contributed by atoms with E-state index in [9.17, 15) is 18.7 Å². The Labute approximate surface area is 145 Å². The summed E-state index contributed by atoms with van der Waals surface area (Å²) in [5.74, 6) is -0.928. The number of rotatable bonds is 8. The Morgan fingerprint density at radius 2 is 1.84 bits per heavy atom. The molecule has 4 nitrogen and oxygen atoms in total. The molecule has 0 bridgehead atoms. The number of aliphatic hydroxyl groups is 1. The number of para-hydroxylation sites is 1. The highest BCUT2D eigenvalue weighted by Gasteiger charge is 2.23. The number of benzene rings is 2. The molecule has 6 heteroatoms. The predicted octanol–water partition coefficient (Wildman–Crippen LogP) is 3.15. The second-order valence-corrected chi connectivity index (χ2v) is 5.94. The van der Waals surface area contributed by atoms with Crippen molar-refractivity contribution in [2.24, 2.45) is 0 Å². The van der Waals surface area contributed by atoms with Crippen molar-refractivity contribution < 1.29 is 23.4 Å². The van der Waals surface area contributed by atoms with Gasteiger partial charge < -0.3 is 15.2 Å². The molecule has 2 aromatic rings. The molecule has 0 aliphatic carbocycles. The van der Waals surface area contributed by atoms with Crippen molar-refractivity contribution in [3.05, 3.63) is 65.7 Å². The molecule has 25 heavy (non-hydrogen) atoms. The molecule has 2 aromatic carbocycles. The van der Waals surface area contributed by atoms with Crippen LogP contribution in [0.3, 0.4) is 0 Å². The Balaban J connectivity index is 1.71. The summed E-state index contributed by atoms with van der Waals surface area (Å²) in [7, 11) is 0. The summed E-state index contributed by atoms with van der Waals surface area (Å²) in [6, 6.07) is 11.5. The summed E-state index contributed by atoms with van der Waals surface area (Å²) in [5.41, 5.74) is -0.787. The van der Waals surface area contributed by atoms with Crippen molar-refractivity contribution in [2.75, 3.05) is 13.2 Å². The number of hydrogen-bond acceptors (Lipinski definition) is 3. The molecule has 0 aliphatic rings. The van der Waals surface area contributed by atoms with Gasteiger partial charge in [-0.15, -0.1) is 0 Å². The van der Waals surface area contributed by atoms with E-state index in [1.54, 1.807) is 19.1 Å². The van der Waals surface area contributed by atoms with Gasteiger partial charge in [0.2, 0.25) is 5.91 Å². The highest BCUT2D eigenvalue weighted by atomic mass is 19.1. The SMILES string of the molecule is CC(O)(CNC(=O)CCCOc1ccccc1F)c1ccc(F)cc1. The maximum absolute atomic E-state index is 13.4. The number of halogens is 2. The highest BCUT2D eigenvalue weighted by Crippen LogP contribution is 2.20. The maximum atomic E-state index is 13.4. The second kappa shape index (κ2) is 8.58. The second-order valence-electron chi connectivity index (χ2n) is 5.94. The van der Waals surface area contributed by atoms with Gasteiger partial charge in [-0.1, -0.05) is 24.3 Å². The Morgan fingerprint density at radius 3 is 2.52 bits per heavy atom. The number of carbonyl (C=O) groups is 1. The van der Waals surface area contributed by atoms with Gasteiger partial charge >= 0.3 is 0 Å². The van der Waals surface area contributed by atoms with Gasteiger partial charge in [-0.2, -0.15) is 0 Å². The smallest absolute Gasteiger partial charge is 0.220 e. The molecule has 0 saturated carbocycles. The van der Waals surface area contributed by atoms with Crippen molar-refractivity contribution in [1.29, 1.82) is 0 Å². The van der Waals surface area contributed by atoms with Crippen LogP contribution in [-0.2, 0) is 10.4 Å². The molecule has 0 aromatic heterocycles. The van der Waals surface area contributed by atoms with Crippen LogP contribution in [0.25, 0.3) is 0 Å². The van der Waals surface area contributed by atoms with Crippen LogP contribution in [0.4, 0.5) is 8.78 Å². The maximum Gasteiger partial charge on any atom is 0.220 e. The van der Waals surface area contributed by atoms with Crippen LogP contribution >= 0.6 is 0 Å².